The minimum Gasteiger partial charge on any atom is -0.468 e. The number of hydrogen-bond acceptors (Lipinski definition) is 4. The maximum atomic E-state index is 12.3. The van der Waals surface area contributed by atoms with Crippen LogP contribution in [-0.2, 0) is 19.7 Å². The normalized spacial score (nSPS) is 16.6. The second-order valence-corrected chi connectivity index (χ2v) is 4.87. The fraction of sp³-hybridized carbons (Fsp3) is 0.385. The second-order valence-electron chi connectivity index (χ2n) is 4.87. The van der Waals surface area contributed by atoms with Crippen LogP contribution in [0.5, 0.6) is 0 Å². The zero-order valence-electron chi connectivity index (χ0n) is 10.7. The first-order valence-corrected chi connectivity index (χ1v) is 5.66. The zero-order valence-corrected chi connectivity index (χ0v) is 10.7. The molecule has 0 aliphatic carbocycles. The van der Waals surface area contributed by atoms with Gasteiger partial charge in [0.05, 0.1) is 18.2 Å². The van der Waals surface area contributed by atoms with E-state index in [-0.39, 0.29) is 12.5 Å². The van der Waals surface area contributed by atoms with Crippen LogP contribution in [0.25, 0.3) is 0 Å². The SMILES string of the molecule is COC(=O)CN1C(=O)C(C)(C)c2ccc(N)cc21. The molecule has 0 fully saturated rings. The van der Waals surface area contributed by atoms with E-state index in [1.807, 2.05) is 19.9 Å². The van der Waals surface area contributed by atoms with Crippen LogP contribution in [0.4, 0.5) is 11.4 Å². The van der Waals surface area contributed by atoms with Gasteiger partial charge in [0.2, 0.25) is 5.91 Å². The summed E-state index contributed by atoms with van der Waals surface area (Å²) >= 11 is 0. The third-order valence-corrected chi connectivity index (χ3v) is 3.28. The molecule has 0 bridgehead atoms. The summed E-state index contributed by atoms with van der Waals surface area (Å²) in [5, 5.41) is 0. The van der Waals surface area contributed by atoms with Crippen LogP contribution in [-0.4, -0.2) is 25.5 Å². The number of fused-ring (bicyclic) bond motifs is 1. The lowest BCUT2D eigenvalue weighted by atomic mass is 9.86. The highest BCUT2D eigenvalue weighted by Crippen LogP contribution is 2.42. The molecule has 0 saturated heterocycles. The Balaban J connectivity index is 2.48. The van der Waals surface area contributed by atoms with Gasteiger partial charge in [0.25, 0.3) is 0 Å². The zero-order chi connectivity index (χ0) is 13.5. The van der Waals surface area contributed by atoms with Crippen LogP contribution in [0.1, 0.15) is 19.4 Å². The van der Waals surface area contributed by atoms with Crippen LogP contribution < -0.4 is 10.6 Å². The van der Waals surface area contributed by atoms with Crippen molar-refractivity contribution >= 4 is 23.3 Å². The summed E-state index contributed by atoms with van der Waals surface area (Å²) < 4.78 is 4.61. The number of carbonyl (C=O) groups excluding carboxylic acids is 2. The Bertz CT molecular complexity index is 523. The Kier molecular flexibility index (Phi) is 2.77. The maximum absolute atomic E-state index is 12.3. The molecule has 1 aromatic carbocycles. The Morgan fingerprint density at radius 3 is 2.72 bits per heavy atom. The van der Waals surface area contributed by atoms with Crippen LogP contribution in [0, 0.1) is 0 Å². The van der Waals surface area contributed by atoms with Crippen LogP contribution in [0.15, 0.2) is 18.2 Å². The van der Waals surface area contributed by atoms with E-state index in [1.54, 1.807) is 12.1 Å². The van der Waals surface area contributed by atoms with E-state index in [0.717, 1.165) is 5.56 Å². The molecule has 1 aliphatic heterocycles. The summed E-state index contributed by atoms with van der Waals surface area (Å²) in [5.74, 6) is -0.567. The first-order chi connectivity index (χ1) is 8.37. The smallest absolute Gasteiger partial charge is 0.325 e. The molecule has 0 unspecified atom stereocenters. The third kappa shape index (κ3) is 1.72. The van der Waals surface area contributed by atoms with Gasteiger partial charge in [-0.05, 0) is 31.5 Å². The van der Waals surface area contributed by atoms with Gasteiger partial charge < -0.3 is 15.4 Å². The van der Waals surface area contributed by atoms with Gasteiger partial charge in [0.15, 0.2) is 0 Å². The second kappa shape index (κ2) is 4.01. The summed E-state index contributed by atoms with van der Waals surface area (Å²) in [6.07, 6.45) is 0. The summed E-state index contributed by atoms with van der Waals surface area (Å²) in [5.41, 5.74) is 7.23. The molecule has 0 spiro atoms. The van der Waals surface area contributed by atoms with Gasteiger partial charge in [-0.3, -0.25) is 9.59 Å². The molecule has 2 N–H and O–H groups in total. The molecule has 96 valence electrons. The Hall–Kier alpha value is -2.04. The lowest BCUT2D eigenvalue weighted by molar-refractivity contribution is -0.140. The van der Waals surface area contributed by atoms with Crippen molar-refractivity contribution in [2.45, 2.75) is 19.3 Å². The highest BCUT2D eigenvalue weighted by Gasteiger charge is 2.44. The number of amides is 1. The molecular weight excluding hydrogens is 232 g/mol. The average Bonchev–Trinajstić information content (AvgIpc) is 2.50. The molecule has 1 aliphatic rings. The number of methoxy groups -OCH3 is 1. The molecule has 1 heterocycles. The van der Waals surface area contributed by atoms with Gasteiger partial charge in [-0.2, -0.15) is 0 Å². The summed E-state index contributed by atoms with van der Waals surface area (Å²) in [4.78, 5) is 25.1. The summed E-state index contributed by atoms with van der Waals surface area (Å²) in [7, 11) is 1.30. The molecule has 1 amide bonds. The molecular formula is C13H16N2O3. The van der Waals surface area contributed by atoms with Crippen molar-refractivity contribution in [3.8, 4) is 0 Å². The first kappa shape index (κ1) is 12.4. The number of benzene rings is 1. The number of nitrogens with two attached hydrogens (primary N) is 1. The molecule has 0 atom stereocenters. The number of nitrogen functional groups attached to an aromatic ring is 1. The maximum Gasteiger partial charge on any atom is 0.325 e. The monoisotopic (exact) mass is 248 g/mol. The van der Waals surface area contributed by atoms with Gasteiger partial charge in [-0.25, -0.2) is 0 Å². The Morgan fingerprint density at radius 1 is 1.44 bits per heavy atom. The molecule has 5 heteroatoms. The number of nitrogens with zero attached hydrogens (tertiary/aromatic N) is 1. The van der Waals surface area contributed by atoms with Gasteiger partial charge in [-0.1, -0.05) is 6.07 Å². The van der Waals surface area contributed by atoms with Crippen molar-refractivity contribution in [2.24, 2.45) is 0 Å². The van der Waals surface area contributed by atoms with Crippen molar-refractivity contribution in [3.05, 3.63) is 23.8 Å². The Morgan fingerprint density at radius 2 is 2.11 bits per heavy atom. The number of ether oxygens (including phenoxy) is 1. The first-order valence-electron chi connectivity index (χ1n) is 5.66. The minimum atomic E-state index is -0.642. The minimum absolute atomic E-state index is 0.0881. The van der Waals surface area contributed by atoms with E-state index >= 15 is 0 Å². The number of esters is 1. The number of anilines is 2. The van der Waals surface area contributed by atoms with Crippen molar-refractivity contribution in [3.63, 3.8) is 0 Å². The molecule has 1 aromatic rings. The quantitative estimate of drug-likeness (QED) is 0.627. The predicted molar refractivity (Wildman–Crippen MR) is 68.2 cm³/mol. The van der Waals surface area contributed by atoms with Crippen molar-refractivity contribution in [1.82, 2.24) is 0 Å². The largest absolute Gasteiger partial charge is 0.468 e. The highest BCUT2D eigenvalue weighted by atomic mass is 16.5. The van der Waals surface area contributed by atoms with Gasteiger partial charge >= 0.3 is 5.97 Å². The van der Waals surface area contributed by atoms with Gasteiger partial charge in [-0.15, -0.1) is 0 Å². The van der Waals surface area contributed by atoms with Gasteiger partial charge in [0.1, 0.15) is 6.54 Å². The Labute approximate surface area is 106 Å². The molecule has 18 heavy (non-hydrogen) atoms. The van der Waals surface area contributed by atoms with Crippen LogP contribution >= 0.6 is 0 Å². The number of carbonyl (C=O) groups is 2. The fourth-order valence-electron chi connectivity index (χ4n) is 2.21. The van der Waals surface area contributed by atoms with E-state index in [2.05, 4.69) is 4.74 Å². The lowest BCUT2D eigenvalue weighted by Gasteiger charge is -2.19. The summed E-state index contributed by atoms with van der Waals surface area (Å²) in [6, 6.07) is 5.31. The highest BCUT2D eigenvalue weighted by molar-refractivity contribution is 6.10. The third-order valence-electron chi connectivity index (χ3n) is 3.28. The lowest BCUT2D eigenvalue weighted by Crippen LogP contribution is -2.39. The van der Waals surface area contributed by atoms with E-state index in [1.165, 1.54) is 12.0 Å². The number of hydrogen-bond donors (Lipinski definition) is 1. The predicted octanol–water partition coefficient (Wildman–Crippen LogP) is 1.07. The van der Waals surface area contributed by atoms with Crippen LogP contribution in [0.3, 0.4) is 0 Å². The molecule has 2 rings (SSSR count). The average molecular weight is 248 g/mol. The van der Waals surface area contributed by atoms with Crippen molar-refractivity contribution in [1.29, 1.82) is 0 Å². The van der Waals surface area contributed by atoms with Gasteiger partial charge in [0, 0.05) is 5.69 Å². The van der Waals surface area contributed by atoms with E-state index in [0.29, 0.717) is 11.4 Å². The molecule has 0 saturated carbocycles. The fourth-order valence-corrected chi connectivity index (χ4v) is 2.21. The molecule has 5 nitrogen and oxygen atoms in total. The van der Waals surface area contributed by atoms with E-state index in [9.17, 15) is 9.59 Å². The van der Waals surface area contributed by atoms with Crippen molar-refractivity contribution < 1.29 is 14.3 Å². The van der Waals surface area contributed by atoms with Crippen molar-refractivity contribution in [2.75, 3.05) is 24.3 Å². The standard InChI is InChI=1S/C13H16N2O3/c1-13(2)9-5-4-8(14)6-10(9)15(12(13)17)7-11(16)18-3/h4-6H,7,14H2,1-3H3. The van der Waals surface area contributed by atoms with E-state index < -0.39 is 11.4 Å². The molecule has 0 aromatic heterocycles. The summed E-state index contributed by atoms with van der Waals surface area (Å²) in [6.45, 7) is 3.58. The topological polar surface area (TPSA) is 72.6 Å². The van der Waals surface area contributed by atoms with Crippen LogP contribution in [0.2, 0.25) is 0 Å². The number of rotatable bonds is 2. The van der Waals surface area contributed by atoms with E-state index in [4.69, 9.17) is 5.73 Å². The molecule has 0 radical (unpaired) electrons.